The number of amides is 1. The van der Waals surface area contributed by atoms with Gasteiger partial charge < -0.3 is 4.74 Å². The Morgan fingerprint density at radius 3 is 2.86 bits per heavy atom. The number of hydrogen-bond donors (Lipinski definition) is 1. The Labute approximate surface area is 80.8 Å². The van der Waals surface area contributed by atoms with E-state index in [1.54, 1.807) is 19.4 Å². The van der Waals surface area contributed by atoms with Crippen molar-refractivity contribution < 1.29 is 9.53 Å². The normalized spacial score (nSPS) is 14.9. The molecule has 72 valence electrons. The maximum absolute atomic E-state index is 10.9. The Hall–Kier alpha value is -1.91. The maximum atomic E-state index is 10.9. The van der Waals surface area contributed by atoms with Crippen molar-refractivity contribution in [1.82, 2.24) is 10.4 Å². The van der Waals surface area contributed by atoms with Crippen LogP contribution < -0.4 is 10.2 Å². The molecular weight excluding hydrogens is 182 g/mol. The maximum Gasteiger partial charge on any atom is 0.246 e. The molecule has 0 fully saturated rings. The summed E-state index contributed by atoms with van der Waals surface area (Å²) in [4.78, 5) is 14.9. The molecule has 0 aromatic carbocycles. The zero-order valence-electron chi connectivity index (χ0n) is 7.65. The number of ether oxygens (including phenoxy) is 1. The van der Waals surface area contributed by atoms with Crippen LogP contribution in [-0.2, 0) is 4.79 Å². The third kappa shape index (κ3) is 1.56. The zero-order valence-corrected chi connectivity index (χ0v) is 7.65. The van der Waals surface area contributed by atoms with Crippen molar-refractivity contribution in [3.63, 3.8) is 0 Å². The van der Waals surface area contributed by atoms with E-state index in [1.807, 2.05) is 6.07 Å². The fourth-order valence-electron chi connectivity index (χ4n) is 1.20. The van der Waals surface area contributed by atoms with Crippen LogP contribution in [0.5, 0.6) is 5.88 Å². The lowest BCUT2D eigenvalue weighted by Crippen LogP contribution is -2.09. The lowest BCUT2D eigenvalue weighted by Gasteiger charge is -1.99. The number of methoxy groups -OCH3 is 1. The average Bonchev–Trinajstić information content (AvgIpc) is 2.65. The summed E-state index contributed by atoms with van der Waals surface area (Å²) in [6, 6.07) is 3.56. The van der Waals surface area contributed by atoms with E-state index < -0.39 is 0 Å². The third-order valence-electron chi connectivity index (χ3n) is 1.92. The Kier molecular flexibility index (Phi) is 2.14. The molecular formula is C9H9N3O2. The monoisotopic (exact) mass is 191 g/mol. The van der Waals surface area contributed by atoms with Crippen molar-refractivity contribution in [2.45, 2.75) is 6.42 Å². The van der Waals surface area contributed by atoms with Crippen molar-refractivity contribution in [2.24, 2.45) is 5.10 Å². The number of nitrogens with zero attached hydrogens (tertiary/aromatic N) is 2. The molecule has 0 bridgehead atoms. The Morgan fingerprint density at radius 2 is 2.36 bits per heavy atom. The fraction of sp³-hybridized carbons (Fsp3) is 0.222. The molecule has 0 aliphatic carbocycles. The van der Waals surface area contributed by atoms with Gasteiger partial charge in [-0.3, -0.25) is 4.79 Å². The summed E-state index contributed by atoms with van der Waals surface area (Å²) >= 11 is 0. The van der Waals surface area contributed by atoms with Gasteiger partial charge >= 0.3 is 0 Å². The molecule has 5 nitrogen and oxygen atoms in total. The first-order valence-electron chi connectivity index (χ1n) is 4.15. The third-order valence-corrected chi connectivity index (χ3v) is 1.92. The largest absolute Gasteiger partial charge is 0.481 e. The second-order valence-electron chi connectivity index (χ2n) is 2.86. The predicted octanol–water partition coefficient (Wildman–Crippen LogP) is 0.314. The molecule has 1 aliphatic heterocycles. The van der Waals surface area contributed by atoms with Crippen LogP contribution in [0, 0.1) is 0 Å². The van der Waals surface area contributed by atoms with E-state index >= 15 is 0 Å². The molecule has 0 saturated heterocycles. The van der Waals surface area contributed by atoms with Gasteiger partial charge in [-0.05, 0) is 6.07 Å². The first-order valence-corrected chi connectivity index (χ1v) is 4.15. The SMILES string of the molecule is COc1ccc(C2=NNC(=O)C2)cn1. The molecule has 1 aromatic rings. The van der Waals surface area contributed by atoms with Crippen molar-refractivity contribution >= 4 is 11.6 Å². The predicted molar refractivity (Wildman–Crippen MR) is 50.1 cm³/mol. The van der Waals surface area contributed by atoms with E-state index in [0.29, 0.717) is 18.0 Å². The molecule has 1 N–H and O–H groups in total. The van der Waals surface area contributed by atoms with Crippen LogP contribution in [0.15, 0.2) is 23.4 Å². The van der Waals surface area contributed by atoms with Crippen molar-refractivity contribution in [2.75, 3.05) is 7.11 Å². The summed E-state index contributed by atoms with van der Waals surface area (Å²) in [5, 5.41) is 3.88. The van der Waals surface area contributed by atoms with Crippen molar-refractivity contribution in [1.29, 1.82) is 0 Å². The van der Waals surface area contributed by atoms with Crippen LogP contribution in [0.4, 0.5) is 0 Å². The molecule has 2 heterocycles. The van der Waals surface area contributed by atoms with Gasteiger partial charge in [0, 0.05) is 17.8 Å². The molecule has 0 spiro atoms. The van der Waals surface area contributed by atoms with E-state index in [4.69, 9.17) is 4.74 Å². The number of carbonyl (C=O) groups excluding carboxylic acids is 1. The first kappa shape index (κ1) is 8.68. The van der Waals surface area contributed by atoms with Crippen LogP contribution in [0.2, 0.25) is 0 Å². The molecule has 0 radical (unpaired) electrons. The van der Waals surface area contributed by atoms with Crippen LogP contribution in [0.3, 0.4) is 0 Å². The van der Waals surface area contributed by atoms with Gasteiger partial charge in [0.2, 0.25) is 11.8 Å². The zero-order chi connectivity index (χ0) is 9.97. The summed E-state index contributed by atoms with van der Waals surface area (Å²) in [6.07, 6.45) is 1.95. The highest BCUT2D eigenvalue weighted by molar-refractivity contribution is 6.13. The minimum atomic E-state index is -0.0872. The summed E-state index contributed by atoms with van der Waals surface area (Å²) in [5.74, 6) is 0.461. The van der Waals surface area contributed by atoms with Crippen LogP contribution in [-0.4, -0.2) is 23.7 Å². The molecule has 0 atom stereocenters. The number of hydrogen-bond acceptors (Lipinski definition) is 4. The molecule has 2 rings (SSSR count). The molecule has 1 amide bonds. The highest BCUT2D eigenvalue weighted by atomic mass is 16.5. The van der Waals surface area contributed by atoms with Gasteiger partial charge in [0.25, 0.3) is 0 Å². The molecule has 0 saturated carbocycles. The van der Waals surface area contributed by atoms with Crippen molar-refractivity contribution in [3.8, 4) is 5.88 Å². The molecule has 14 heavy (non-hydrogen) atoms. The summed E-state index contributed by atoms with van der Waals surface area (Å²) in [6.45, 7) is 0. The Morgan fingerprint density at radius 1 is 1.50 bits per heavy atom. The summed E-state index contributed by atoms with van der Waals surface area (Å²) in [7, 11) is 1.56. The Bertz CT molecular complexity index is 384. The van der Waals surface area contributed by atoms with Crippen molar-refractivity contribution in [3.05, 3.63) is 23.9 Å². The lowest BCUT2D eigenvalue weighted by atomic mass is 10.1. The molecule has 1 aliphatic rings. The standard InChI is InChI=1S/C9H9N3O2/c1-14-9-3-2-6(5-10-9)7-4-8(13)12-11-7/h2-3,5H,4H2,1H3,(H,12,13). The van der Waals surface area contributed by atoms with Gasteiger partial charge in [0.05, 0.1) is 19.2 Å². The van der Waals surface area contributed by atoms with Gasteiger partial charge in [0.1, 0.15) is 0 Å². The van der Waals surface area contributed by atoms with Crippen LogP contribution in [0.25, 0.3) is 0 Å². The second-order valence-corrected chi connectivity index (χ2v) is 2.86. The van der Waals surface area contributed by atoms with E-state index in [9.17, 15) is 4.79 Å². The smallest absolute Gasteiger partial charge is 0.246 e. The van der Waals surface area contributed by atoms with Gasteiger partial charge in [-0.25, -0.2) is 10.4 Å². The van der Waals surface area contributed by atoms with Gasteiger partial charge in [-0.15, -0.1) is 0 Å². The number of pyridine rings is 1. The highest BCUT2D eigenvalue weighted by Gasteiger charge is 2.16. The lowest BCUT2D eigenvalue weighted by molar-refractivity contribution is -0.119. The van der Waals surface area contributed by atoms with Gasteiger partial charge in [-0.2, -0.15) is 5.10 Å². The minimum absolute atomic E-state index is 0.0872. The van der Waals surface area contributed by atoms with E-state index in [1.165, 1.54) is 0 Å². The highest BCUT2D eigenvalue weighted by Crippen LogP contribution is 2.11. The fourth-order valence-corrected chi connectivity index (χ4v) is 1.20. The molecule has 1 aromatic heterocycles. The van der Waals surface area contributed by atoms with Gasteiger partial charge in [-0.1, -0.05) is 0 Å². The number of carbonyl (C=O) groups is 1. The van der Waals surface area contributed by atoms with Gasteiger partial charge in [0.15, 0.2) is 0 Å². The molecule has 5 heteroatoms. The quantitative estimate of drug-likeness (QED) is 0.731. The minimum Gasteiger partial charge on any atom is -0.481 e. The van der Waals surface area contributed by atoms with E-state index in [2.05, 4.69) is 15.5 Å². The summed E-state index contributed by atoms with van der Waals surface area (Å²) in [5.41, 5.74) is 3.94. The first-order chi connectivity index (χ1) is 6.79. The molecule has 0 unspecified atom stereocenters. The number of nitrogens with one attached hydrogen (secondary N) is 1. The number of rotatable bonds is 2. The topological polar surface area (TPSA) is 63.6 Å². The summed E-state index contributed by atoms with van der Waals surface area (Å²) < 4.78 is 4.92. The van der Waals surface area contributed by atoms with Crippen LogP contribution >= 0.6 is 0 Å². The average molecular weight is 191 g/mol. The number of hydrazone groups is 1. The Balaban J connectivity index is 2.21. The van der Waals surface area contributed by atoms with E-state index in [-0.39, 0.29) is 5.91 Å². The number of aromatic nitrogens is 1. The second kappa shape index (κ2) is 3.45. The van der Waals surface area contributed by atoms with E-state index in [0.717, 1.165) is 5.56 Å². The van der Waals surface area contributed by atoms with Crippen LogP contribution in [0.1, 0.15) is 12.0 Å².